The van der Waals surface area contributed by atoms with Crippen molar-refractivity contribution in [3.8, 4) is 17.2 Å². The summed E-state index contributed by atoms with van der Waals surface area (Å²) in [6.07, 6.45) is 0.910. The molecular weight excluding hydrogens is 332 g/mol. The van der Waals surface area contributed by atoms with E-state index in [1.54, 1.807) is 0 Å². The van der Waals surface area contributed by atoms with Gasteiger partial charge in [-0.1, -0.05) is 6.07 Å². The maximum Gasteiger partial charge on any atom is 0.251 e. The van der Waals surface area contributed by atoms with Gasteiger partial charge in [-0.2, -0.15) is 0 Å². The molecule has 26 heavy (non-hydrogen) atoms. The van der Waals surface area contributed by atoms with Crippen LogP contribution in [0.4, 0.5) is 0 Å². The smallest absolute Gasteiger partial charge is 0.251 e. The molecule has 2 aromatic rings. The van der Waals surface area contributed by atoms with Crippen LogP contribution < -0.4 is 24.8 Å². The summed E-state index contributed by atoms with van der Waals surface area (Å²) in [4.78, 5) is 11.6. The van der Waals surface area contributed by atoms with Crippen molar-refractivity contribution in [3.05, 3.63) is 53.1 Å². The molecule has 4 rings (SSSR count). The molecule has 0 radical (unpaired) electrons. The minimum atomic E-state index is -0.00916. The van der Waals surface area contributed by atoms with Crippen molar-refractivity contribution in [1.29, 1.82) is 0 Å². The number of hydrogen-bond donors (Lipinski definition) is 2. The normalized spacial score (nSPS) is 15.5. The molecule has 2 N–H and O–H groups in total. The van der Waals surface area contributed by atoms with Gasteiger partial charge in [-0.15, -0.1) is 0 Å². The molecule has 0 spiro atoms. The van der Waals surface area contributed by atoms with E-state index in [2.05, 4.69) is 23.6 Å². The fourth-order valence-corrected chi connectivity index (χ4v) is 3.14. The standard InChI is InChI=1S/C20H22N2O4/c1-13(11-24-16-3-4-17-15(9-16)10-22-20(17)23)21-7-6-14-2-5-18-19(8-14)26-12-25-18/h2-5,8-9,13,21H,6-7,10-12H2,1H3,(H,22,23). The molecule has 0 saturated carbocycles. The van der Waals surface area contributed by atoms with Gasteiger partial charge in [-0.25, -0.2) is 0 Å². The van der Waals surface area contributed by atoms with Gasteiger partial charge < -0.3 is 24.8 Å². The highest BCUT2D eigenvalue weighted by molar-refractivity contribution is 5.98. The fourth-order valence-electron chi connectivity index (χ4n) is 3.14. The van der Waals surface area contributed by atoms with Crippen molar-refractivity contribution >= 4 is 5.91 Å². The second kappa shape index (κ2) is 7.25. The first-order valence-electron chi connectivity index (χ1n) is 8.85. The summed E-state index contributed by atoms with van der Waals surface area (Å²) in [5, 5.41) is 6.28. The minimum Gasteiger partial charge on any atom is -0.492 e. The lowest BCUT2D eigenvalue weighted by molar-refractivity contribution is 0.0965. The van der Waals surface area contributed by atoms with Crippen molar-refractivity contribution in [2.24, 2.45) is 0 Å². The predicted octanol–water partition coefficient (Wildman–Crippen LogP) is 2.26. The molecule has 0 aliphatic carbocycles. The summed E-state index contributed by atoms with van der Waals surface area (Å²) in [7, 11) is 0. The first-order valence-corrected chi connectivity index (χ1v) is 8.85. The average molecular weight is 354 g/mol. The van der Waals surface area contributed by atoms with Crippen LogP contribution in [-0.2, 0) is 13.0 Å². The number of nitrogens with one attached hydrogen (secondary N) is 2. The first kappa shape index (κ1) is 16.7. The third-order valence-corrected chi connectivity index (χ3v) is 4.60. The van der Waals surface area contributed by atoms with Gasteiger partial charge in [-0.05, 0) is 61.3 Å². The van der Waals surface area contributed by atoms with Crippen LogP contribution in [0.25, 0.3) is 0 Å². The molecule has 1 unspecified atom stereocenters. The van der Waals surface area contributed by atoms with Gasteiger partial charge >= 0.3 is 0 Å². The number of fused-ring (bicyclic) bond motifs is 2. The third-order valence-electron chi connectivity index (χ3n) is 4.60. The van der Waals surface area contributed by atoms with Crippen LogP contribution in [0.15, 0.2) is 36.4 Å². The van der Waals surface area contributed by atoms with Crippen LogP contribution in [0.3, 0.4) is 0 Å². The summed E-state index contributed by atoms with van der Waals surface area (Å²) < 4.78 is 16.6. The Kier molecular flexibility index (Phi) is 4.67. The summed E-state index contributed by atoms with van der Waals surface area (Å²) in [5.41, 5.74) is 2.95. The van der Waals surface area contributed by atoms with E-state index in [1.165, 1.54) is 5.56 Å². The highest BCUT2D eigenvalue weighted by atomic mass is 16.7. The van der Waals surface area contributed by atoms with Crippen molar-refractivity contribution < 1.29 is 19.0 Å². The molecule has 2 aliphatic heterocycles. The molecule has 2 aliphatic rings. The molecule has 6 nitrogen and oxygen atoms in total. The second-order valence-electron chi connectivity index (χ2n) is 6.61. The zero-order chi connectivity index (χ0) is 17.9. The summed E-state index contributed by atoms with van der Waals surface area (Å²) in [6.45, 7) is 4.40. The van der Waals surface area contributed by atoms with Gasteiger partial charge in [0.25, 0.3) is 5.91 Å². The van der Waals surface area contributed by atoms with E-state index < -0.39 is 0 Å². The van der Waals surface area contributed by atoms with E-state index in [0.717, 1.165) is 41.3 Å². The predicted molar refractivity (Wildman–Crippen MR) is 96.8 cm³/mol. The molecule has 0 fully saturated rings. The number of amides is 1. The van der Waals surface area contributed by atoms with Gasteiger partial charge in [-0.3, -0.25) is 4.79 Å². The van der Waals surface area contributed by atoms with Gasteiger partial charge in [0.05, 0.1) is 0 Å². The van der Waals surface area contributed by atoms with E-state index in [-0.39, 0.29) is 11.9 Å². The topological polar surface area (TPSA) is 68.8 Å². The van der Waals surface area contributed by atoms with Gasteiger partial charge in [0.1, 0.15) is 12.4 Å². The van der Waals surface area contributed by atoms with Crippen LogP contribution >= 0.6 is 0 Å². The maximum absolute atomic E-state index is 11.6. The average Bonchev–Trinajstić information content (AvgIpc) is 3.26. The van der Waals surface area contributed by atoms with Crippen LogP contribution in [0.2, 0.25) is 0 Å². The molecular formula is C20H22N2O4. The summed E-state index contributed by atoms with van der Waals surface area (Å²) in [6, 6.07) is 11.9. The second-order valence-corrected chi connectivity index (χ2v) is 6.61. The Morgan fingerprint density at radius 2 is 2.08 bits per heavy atom. The van der Waals surface area contributed by atoms with Crippen molar-refractivity contribution in [3.63, 3.8) is 0 Å². The molecule has 6 heteroatoms. The van der Waals surface area contributed by atoms with E-state index >= 15 is 0 Å². The van der Waals surface area contributed by atoms with Crippen molar-refractivity contribution in [2.75, 3.05) is 19.9 Å². The van der Waals surface area contributed by atoms with Gasteiger partial charge in [0, 0.05) is 18.2 Å². The van der Waals surface area contributed by atoms with Gasteiger partial charge in [0.2, 0.25) is 6.79 Å². The fraction of sp³-hybridized carbons (Fsp3) is 0.350. The Morgan fingerprint density at radius 3 is 3.00 bits per heavy atom. The first-order chi connectivity index (χ1) is 12.7. The van der Waals surface area contributed by atoms with E-state index in [0.29, 0.717) is 19.9 Å². The van der Waals surface area contributed by atoms with Crippen LogP contribution in [0, 0.1) is 0 Å². The number of carbonyl (C=O) groups is 1. The largest absolute Gasteiger partial charge is 0.492 e. The number of ether oxygens (including phenoxy) is 3. The highest BCUT2D eigenvalue weighted by Crippen LogP contribution is 2.32. The Labute approximate surface area is 152 Å². The monoisotopic (exact) mass is 354 g/mol. The number of rotatable bonds is 7. The lowest BCUT2D eigenvalue weighted by Gasteiger charge is -2.15. The summed E-state index contributed by atoms with van der Waals surface area (Å²) >= 11 is 0. The zero-order valence-corrected chi connectivity index (χ0v) is 14.7. The highest BCUT2D eigenvalue weighted by Gasteiger charge is 2.19. The molecule has 1 atom stereocenters. The number of hydrogen-bond acceptors (Lipinski definition) is 5. The van der Waals surface area contributed by atoms with Crippen LogP contribution in [-0.4, -0.2) is 31.9 Å². The molecule has 2 heterocycles. The Bertz CT molecular complexity index is 821. The van der Waals surface area contributed by atoms with E-state index in [1.807, 2.05) is 30.3 Å². The molecule has 0 saturated heterocycles. The molecule has 1 amide bonds. The number of carbonyl (C=O) groups excluding carboxylic acids is 1. The van der Waals surface area contributed by atoms with Crippen LogP contribution in [0.1, 0.15) is 28.4 Å². The van der Waals surface area contributed by atoms with E-state index in [9.17, 15) is 4.79 Å². The molecule has 2 aromatic carbocycles. The molecule has 0 bridgehead atoms. The Hall–Kier alpha value is -2.73. The quantitative estimate of drug-likeness (QED) is 0.798. The number of benzene rings is 2. The lowest BCUT2D eigenvalue weighted by Crippen LogP contribution is -2.33. The maximum atomic E-state index is 11.6. The lowest BCUT2D eigenvalue weighted by atomic mass is 10.1. The molecule has 136 valence electrons. The SMILES string of the molecule is CC(COc1ccc2c(c1)CNC2=O)NCCc1ccc2c(c1)OCO2. The zero-order valence-electron chi connectivity index (χ0n) is 14.7. The third kappa shape index (κ3) is 3.60. The Balaban J connectivity index is 1.22. The Morgan fingerprint density at radius 1 is 1.19 bits per heavy atom. The summed E-state index contributed by atoms with van der Waals surface area (Å²) in [5.74, 6) is 2.42. The van der Waals surface area contributed by atoms with E-state index in [4.69, 9.17) is 14.2 Å². The minimum absolute atomic E-state index is 0.00916. The van der Waals surface area contributed by atoms with Gasteiger partial charge in [0.15, 0.2) is 11.5 Å². The van der Waals surface area contributed by atoms with Crippen LogP contribution in [0.5, 0.6) is 17.2 Å². The van der Waals surface area contributed by atoms with Crippen molar-refractivity contribution in [2.45, 2.75) is 25.9 Å². The van der Waals surface area contributed by atoms with Crippen molar-refractivity contribution in [1.82, 2.24) is 10.6 Å². The molecule has 0 aromatic heterocycles.